The standard InChI is InChI=1S/C14H22N4O3/c1-3-14(12(19)20)6-9-18(10-14)13(21)15-7-4-11-5-8-17(2)16-11/h5,8H,3-4,6-7,9-10H2,1-2H3,(H,15,21)(H,19,20). The van der Waals surface area contributed by atoms with Crippen molar-refractivity contribution in [2.24, 2.45) is 12.5 Å². The molecular formula is C14H22N4O3. The van der Waals surface area contributed by atoms with Crippen molar-refractivity contribution in [3.63, 3.8) is 0 Å². The van der Waals surface area contributed by atoms with E-state index in [0.717, 1.165) is 5.69 Å². The van der Waals surface area contributed by atoms with Crippen molar-refractivity contribution in [2.75, 3.05) is 19.6 Å². The van der Waals surface area contributed by atoms with Gasteiger partial charge in [0.05, 0.1) is 11.1 Å². The van der Waals surface area contributed by atoms with E-state index in [4.69, 9.17) is 0 Å². The smallest absolute Gasteiger partial charge is 0.317 e. The maximum Gasteiger partial charge on any atom is 0.317 e. The number of carbonyl (C=O) groups excluding carboxylic acids is 1. The Morgan fingerprint density at radius 3 is 2.81 bits per heavy atom. The molecule has 7 heteroatoms. The molecule has 0 saturated carbocycles. The number of likely N-dealkylation sites (tertiary alicyclic amines) is 1. The van der Waals surface area contributed by atoms with Crippen molar-refractivity contribution in [3.8, 4) is 0 Å². The van der Waals surface area contributed by atoms with Gasteiger partial charge in [0.1, 0.15) is 0 Å². The molecule has 1 fully saturated rings. The van der Waals surface area contributed by atoms with Gasteiger partial charge in [-0.1, -0.05) is 6.92 Å². The Balaban J connectivity index is 1.80. The van der Waals surface area contributed by atoms with Crippen molar-refractivity contribution >= 4 is 12.0 Å². The molecule has 1 aliphatic heterocycles. The Morgan fingerprint density at radius 2 is 2.29 bits per heavy atom. The highest BCUT2D eigenvalue weighted by Crippen LogP contribution is 2.34. The minimum atomic E-state index is -0.811. The molecule has 0 aromatic carbocycles. The molecule has 1 saturated heterocycles. The Morgan fingerprint density at radius 1 is 1.52 bits per heavy atom. The minimum Gasteiger partial charge on any atom is -0.481 e. The predicted molar refractivity (Wildman–Crippen MR) is 76.9 cm³/mol. The van der Waals surface area contributed by atoms with Crippen molar-refractivity contribution in [3.05, 3.63) is 18.0 Å². The lowest BCUT2D eigenvalue weighted by Crippen LogP contribution is -2.42. The summed E-state index contributed by atoms with van der Waals surface area (Å²) in [5, 5.41) is 16.4. The summed E-state index contributed by atoms with van der Waals surface area (Å²) in [4.78, 5) is 25.0. The number of aromatic nitrogens is 2. The second-order valence-corrected chi connectivity index (χ2v) is 5.57. The Bertz CT molecular complexity index is 528. The summed E-state index contributed by atoms with van der Waals surface area (Å²) >= 11 is 0. The van der Waals surface area contributed by atoms with Gasteiger partial charge in [0, 0.05) is 39.3 Å². The molecule has 0 spiro atoms. The van der Waals surface area contributed by atoms with Crippen LogP contribution in [0.3, 0.4) is 0 Å². The van der Waals surface area contributed by atoms with Crippen LogP contribution in [0.4, 0.5) is 4.79 Å². The van der Waals surface area contributed by atoms with Crippen molar-refractivity contribution in [1.82, 2.24) is 20.0 Å². The lowest BCUT2D eigenvalue weighted by Gasteiger charge is -2.23. The fourth-order valence-electron chi connectivity index (χ4n) is 2.67. The highest BCUT2D eigenvalue weighted by Gasteiger charge is 2.44. The summed E-state index contributed by atoms with van der Waals surface area (Å²) < 4.78 is 1.72. The summed E-state index contributed by atoms with van der Waals surface area (Å²) in [6.45, 7) is 3.14. The van der Waals surface area contributed by atoms with Gasteiger partial charge in [-0.25, -0.2) is 4.79 Å². The van der Waals surface area contributed by atoms with Crippen LogP contribution in [-0.4, -0.2) is 51.4 Å². The van der Waals surface area contributed by atoms with Crippen LogP contribution >= 0.6 is 0 Å². The zero-order valence-corrected chi connectivity index (χ0v) is 12.5. The van der Waals surface area contributed by atoms with Crippen LogP contribution in [-0.2, 0) is 18.3 Å². The van der Waals surface area contributed by atoms with Gasteiger partial charge in [0.15, 0.2) is 0 Å². The monoisotopic (exact) mass is 294 g/mol. The molecule has 1 aliphatic rings. The maximum atomic E-state index is 12.1. The number of nitrogens with zero attached hydrogens (tertiary/aromatic N) is 3. The van der Waals surface area contributed by atoms with Gasteiger partial charge in [-0.05, 0) is 18.9 Å². The molecular weight excluding hydrogens is 272 g/mol. The van der Waals surface area contributed by atoms with E-state index in [9.17, 15) is 14.7 Å². The molecule has 1 aromatic heterocycles. The highest BCUT2D eigenvalue weighted by molar-refractivity contribution is 5.79. The van der Waals surface area contributed by atoms with Crippen LogP contribution in [0.2, 0.25) is 0 Å². The van der Waals surface area contributed by atoms with E-state index in [0.29, 0.717) is 32.4 Å². The number of nitrogens with one attached hydrogen (secondary N) is 1. The number of rotatable bonds is 5. The van der Waals surface area contributed by atoms with Gasteiger partial charge in [0.25, 0.3) is 0 Å². The van der Waals surface area contributed by atoms with E-state index in [-0.39, 0.29) is 12.6 Å². The molecule has 1 unspecified atom stereocenters. The largest absolute Gasteiger partial charge is 0.481 e. The lowest BCUT2D eigenvalue weighted by molar-refractivity contribution is -0.148. The molecule has 1 aromatic rings. The Kier molecular flexibility index (Phi) is 4.50. The second kappa shape index (κ2) is 6.15. The predicted octanol–water partition coefficient (Wildman–Crippen LogP) is 0.859. The molecule has 1 atom stereocenters. The van der Waals surface area contributed by atoms with Crippen molar-refractivity contribution in [1.29, 1.82) is 0 Å². The number of carboxylic acid groups (broad SMARTS) is 1. The molecule has 0 aliphatic carbocycles. The molecule has 116 valence electrons. The molecule has 0 radical (unpaired) electrons. The first kappa shape index (κ1) is 15.3. The van der Waals surface area contributed by atoms with Gasteiger partial charge in [-0.15, -0.1) is 0 Å². The summed E-state index contributed by atoms with van der Waals surface area (Å²) in [6, 6.07) is 1.72. The molecule has 7 nitrogen and oxygen atoms in total. The number of hydrogen-bond acceptors (Lipinski definition) is 3. The van der Waals surface area contributed by atoms with E-state index in [1.165, 1.54) is 0 Å². The zero-order valence-electron chi connectivity index (χ0n) is 12.5. The van der Waals surface area contributed by atoms with E-state index in [1.54, 1.807) is 9.58 Å². The normalized spacial score (nSPS) is 21.5. The number of carbonyl (C=O) groups is 2. The van der Waals surface area contributed by atoms with E-state index in [1.807, 2.05) is 26.2 Å². The molecule has 21 heavy (non-hydrogen) atoms. The third kappa shape index (κ3) is 3.34. The minimum absolute atomic E-state index is 0.192. The maximum absolute atomic E-state index is 12.1. The lowest BCUT2D eigenvalue weighted by atomic mass is 9.84. The summed E-state index contributed by atoms with van der Waals surface area (Å²) in [7, 11) is 1.85. The number of hydrogen-bond donors (Lipinski definition) is 2. The van der Waals surface area contributed by atoms with Gasteiger partial charge >= 0.3 is 12.0 Å². The van der Waals surface area contributed by atoms with Crippen molar-refractivity contribution in [2.45, 2.75) is 26.2 Å². The average Bonchev–Trinajstić information content (AvgIpc) is 3.06. The van der Waals surface area contributed by atoms with Crippen molar-refractivity contribution < 1.29 is 14.7 Å². The first-order valence-corrected chi connectivity index (χ1v) is 7.21. The van der Waals surface area contributed by atoms with Crippen LogP contribution in [0.25, 0.3) is 0 Å². The number of aliphatic carboxylic acids is 1. The van der Waals surface area contributed by atoms with E-state index < -0.39 is 11.4 Å². The van der Waals surface area contributed by atoms with Gasteiger partial charge in [-0.2, -0.15) is 5.10 Å². The summed E-state index contributed by atoms with van der Waals surface area (Å²) in [6.07, 6.45) is 3.59. The van der Waals surface area contributed by atoms with E-state index in [2.05, 4.69) is 10.4 Å². The topological polar surface area (TPSA) is 87.5 Å². The fraction of sp³-hybridized carbons (Fsp3) is 0.643. The van der Waals surface area contributed by atoms with Crippen LogP contribution in [0, 0.1) is 5.41 Å². The SMILES string of the molecule is CCC1(C(=O)O)CCN(C(=O)NCCc2ccn(C)n2)C1. The highest BCUT2D eigenvalue weighted by atomic mass is 16.4. The average molecular weight is 294 g/mol. The van der Waals surface area contributed by atoms with Crippen LogP contribution in [0.1, 0.15) is 25.5 Å². The van der Waals surface area contributed by atoms with Crippen LogP contribution < -0.4 is 5.32 Å². The number of amides is 2. The summed E-state index contributed by atoms with van der Waals surface area (Å²) in [5.41, 5.74) is 0.144. The third-order valence-corrected chi connectivity index (χ3v) is 4.20. The number of urea groups is 1. The third-order valence-electron chi connectivity index (χ3n) is 4.20. The van der Waals surface area contributed by atoms with Crippen LogP contribution in [0.15, 0.2) is 12.3 Å². The molecule has 2 heterocycles. The molecule has 0 bridgehead atoms. The van der Waals surface area contributed by atoms with Crippen LogP contribution in [0.5, 0.6) is 0 Å². The molecule has 2 rings (SSSR count). The van der Waals surface area contributed by atoms with Gasteiger partial charge < -0.3 is 15.3 Å². The number of aryl methyl sites for hydroxylation is 1. The first-order valence-electron chi connectivity index (χ1n) is 7.21. The first-order chi connectivity index (χ1) is 9.97. The fourth-order valence-corrected chi connectivity index (χ4v) is 2.67. The van der Waals surface area contributed by atoms with Gasteiger partial charge in [-0.3, -0.25) is 9.48 Å². The summed E-state index contributed by atoms with van der Waals surface area (Å²) in [5.74, 6) is -0.811. The number of carboxylic acids is 1. The molecule has 2 N–H and O–H groups in total. The zero-order chi connectivity index (χ0) is 15.5. The van der Waals surface area contributed by atoms with E-state index >= 15 is 0 Å². The Hall–Kier alpha value is -2.05. The Labute approximate surface area is 123 Å². The van der Waals surface area contributed by atoms with Gasteiger partial charge in [0.2, 0.25) is 0 Å². The quantitative estimate of drug-likeness (QED) is 0.843. The molecule has 2 amide bonds. The second-order valence-electron chi connectivity index (χ2n) is 5.57.